The van der Waals surface area contributed by atoms with Gasteiger partial charge in [0.05, 0.1) is 26.1 Å². The van der Waals surface area contributed by atoms with E-state index in [1.54, 1.807) is 26.5 Å². The molecule has 1 atom stereocenters. The van der Waals surface area contributed by atoms with E-state index in [-0.39, 0.29) is 0 Å². The standard InChI is InChI=1S/C28H27NO5/c1-31-23-12-8-20(9-13-23)18-33-26-16-25(28(30)22-6-4-3-5-7-22)29-17-27(26)34-19-21-10-14-24(32-2)15-11-21/h3-17,28,30H,18-19H2,1-2H3. The molecule has 0 aliphatic heterocycles. The molecule has 4 aromatic rings. The van der Waals surface area contributed by atoms with Gasteiger partial charge in [-0.15, -0.1) is 0 Å². The van der Waals surface area contributed by atoms with Crippen molar-refractivity contribution in [1.29, 1.82) is 0 Å². The predicted octanol–water partition coefficient (Wildman–Crippen LogP) is 5.34. The second kappa shape index (κ2) is 11.2. The van der Waals surface area contributed by atoms with E-state index >= 15 is 0 Å². The van der Waals surface area contributed by atoms with Crippen LogP contribution in [0.3, 0.4) is 0 Å². The normalized spacial score (nSPS) is 11.5. The molecule has 6 nitrogen and oxygen atoms in total. The van der Waals surface area contributed by atoms with E-state index in [4.69, 9.17) is 18.9 Å². The Balaban J connectivity index is 1.55. The van der Waals surface area contributed by atoms with Gasteiger partial charge < -0.3 is 24.1 Å². The second-order valence-corrected chi connectivity index (χ2v) is 7.64. The minimum Gasteiger partial charge on any atom is -0.497 e. The van der Waals surface area contributed by atoms with Crippen molar-refractivity contribution in [1.82, 2.24) is 4.98 Å². The number of pyridine rings is 1. The maximum atomic E-state index is 10.8. The minimum absolute atomic E-state index is 0.327. The number of aliphatic hydroxyl groups excluding tert-OH is 1. The summed E-state index contributed by atoms with van der Waals surface area (Å²) in [5.41, 5.74) is 3.19. The van der Waals surface area contributed by atoms with Gasteiger partial charge in [-0.1, -0.05) is 54.6 Å². The summed E-state index contributed by atoms with van der Waals surface area (Å²) in [4.78, 5) is 4.44. The number of benzene rings is 3. The fourth-order valence-corrected chi connectivity index (χ4v) is 3.38. The predicted molar refractivity (Wildman–Crippen MR) is 129 cm³/mol. The highest BCUT2D eigenvalue weighted by Crippen LogP contribution is 2.32. The van der Waals surface area contributed by atoms with Crippen molar-refractivity contribution >= 4 is 0 Å². The molecule has 0 fully saturated rings. The van der Waals surface area contributed by atoms with Gasteiger partial charge in [-0.2, -0.15) is 0 Å². The molecule has 0 aliphatic carbocycles. The van der Waals surface area contributed by atoms with Gasteiger partial charge in [0.15, 0.2) is 11.5 Å². The van der Waals surface area contributed by atoms with Gasteiger partial charge in [-0.3, -0.25) is 4.98 Å². The van der Waals surface area contributed by atoms with Crippen molar-refractivity contribution in [2.24, 2.45) is 0 Å². The zero-order valence-electron chi connectivity index (χ0n) is 19.2. The maximum absolute atomic E-state index is 10.8. The van der Waals surface area contributed by atoms with E-state index in [2.05, 4.69) is 4.98 Å². The molecule has 6 heteroatoms. The van der Waals surface area contributed by atoms with Crippen molar-refractivity contribution in [2.75, 3.05) is 14.2 Å². The molecule has 34 heavy (non-hydrogen) atoms. The fraction of sp³-hybridized carbons (Fsp3) is 0.179. The summed E-state index contributed by atoms with van der Waals surface area (Å²) in [6.07, 6.45) is 0.717. The Bertz CT molecular complexity index is 1180. The van der Waals surface area contributed by atoms with Crippen LogP contribution < -0.4 is 18.9 Å². The van der Waals surface area contributed by atoms with E-state index in [9.17, 15) is 5.11 Å². The monoisotopic (exact) mass is 457 g/mol. The lowest BCUT2D eigenvalue weighted by molar-refractivity contribution is 0.211. The Hall–Kier alpha value is -4.03. The maximum Gasteiger partial charge on any atom is 0.179 e. The molecule has 4 rings (SSSR count). The summed E-state index contributed by atoms with van der Waals surface area (Å²) in [7, 11) is 3.27. The van der Waals surface area contributed by atoms with E-state index in [1.807, 2.05) is 78.9 Å². The molecule has 0 saturated carbocycles. The van der Waals surface area contributed by atoms with Crippen molar-refractivity contribution in [3.8, 4) is 23.0 Å². The molecule has 0 radical (unpaired) electrons. The molecule has 0 saturated heterocycles. The number of nitrogens with zero attached hydrogens (tertiary/aromatic N) is 1. The number of aliphatic hydroxyl groups is 1. The van der Waals surface area contributed by atoms with Gasteiger partial charge >= 0.3 is 0 Å². The van der Waals surface area contributed by atoms with Gasteiger partial charge in [-0.05, 0) is 41.0 Å². The van der Waals surface area contributed by atoms with Crippen molar-refractivity contribution < 1.29 is 24.1 Å². The van der Waals surface area contributed by atoms with Gasteiger partial charge in [0, 0.05) is 6.07 Å². The van der Waals surface area contributed by atoms with Crippen LogP contribution in [0.2, 0.25) is 0 Å². The smallest absolute Gasteiger partial charge is 0.179 e. The number of aromatic nitrogens is 1. The first-order valence-electron chi connectivity index (χ1n) is 10.9. The molecule has 1 unspecified atom stereocenters. The fourth-order valence-electron chi connectivity index (χ4n) is 3.38. The number of hydrogen-bond acceptors (Lipinski definition) is 6. The van der Waals surface area contributed by atoms with Gasteiger partial charge in [0.2, 0.25) is 0 Å². The van der Waals surface area contributed by atoms with Crippen LogP contribution in [-0.2, 0) is 13.2 Å². The molecule has 174 valence electrons. The van der Waals surface area contributed by atoms with Crippen LogP contribution in [0.1, 0.15) is 28.5 Å². The van der Waals surface area contributed by atoms with Crippen LogP contribution >= 0.6 is 0 Å². The van der Waals surface area contributed by atoms with Gasteiger partial charge in [-0.25, -0.2) is 0 Å². The lowest BCUT2D eigenvalue weighted by Crippen LogP contribution is -2.06. The molecule has 1 N–H and O–H groups in total. The molecular formula is C28H27NO5. The highest BCUT2D eigenvalue weighted by molar-refractivity contribution is 5.42. The number of ether oxygens (including phenoxy) is 4. The lowest BCUT2D eigenvalue weighted by Gasteiger charge is -2.16. The minimum atomic E-state index is -0.875. The van der Waals surface area contributed by atoms with Crippen LogP contribution in [0.25, 0.3) is 0 Å². The number of methoxy groups -OCH3 is 2. The summed E-state index contributed by atoms with van der Waals surface area (Å²) < 4.78 is 22.6. The Labute approximate surface area is 199 Å². The SMILES string of the molecule is COc1ccc(COc2cnc(C(O)c3ccccc3)cc2OCc2ccc(OC)cc2)cc1. The van der Waals surface area contributed by atoms with Gasteiger partial charge in [0.1, 0.15) is 30.8 Å². The molecule has 0 aliphatic rings. The van der Waals surface area contributed by atoms with Gasteiger partial charge in [0.25, 0.3) is 0 Å². The third-order valence-corrected chi connectivity index (χ3v) is 5.35. The first kappa shape index (κ1) is 23.1. The average molecular weight is 458 g/mol. The number of hydrogen-bond donors (Lipinski definition) is 1. The van der Waals surface area contributed by atoms with Crippen LogP contribution in [0, 0.1) is 0 Å². The van der Waals surface area contributed by atoms with Crippen molar-refractivity contribution in [3.63, 3.8) is 0 Å². The van der Waals surface area contributed by atoms with E-state index in [0.29, 0.717) is 30.4 Å². The molecule has 1 aromatic heterocycles. The topological polar surface area (TPSA) is 70.0 Å². The molecular weight excluding hydrogens is 430 g/mol. The Morgan fingerprint density at radius 2 is 1.24 bits per heavy atom. The summed E-state index contributed by atoms with van der Waals surface area (Å²) >= 11 is 0. The van der Waals surface area contributed by atoms with Crippen LogP contribution in [0.5, 0.6) is 23.0 Å². The third kappa shape index (κ3) is 5.85. The highest BCUT2D eigenvalue weighted by atomic mass is 16.5. The van der Waals surface area contributed by atoms with E-state index in [1.165, 1.54) is 0 Å². The van der Waals surface area contributed by atoms with Crippen LogP contribution in [0.4, 0.5) is 0 Å². The summed E-state index contributed by atoms with van der Waals surface area (Å²) in [5.74, 6) is 2.57. The lowest BCUT2D eigenvalue weighted by atomic mass is 10.1. The van der Waals surface area contributed by atoms with Crippen molar-refractivity contribution in [2.45, 2.75) is 19.3 Å². The first-order chi connectivity index (χ1) is 16.7. The molecule has 1 heterocycles. The summed E-state index contributed by atoms with van der Waals surface area (Å²) in [5, 5.41) is 10.8. The zero-order chi connectivity index (χ0) is 23.8. The molecule has 0 bridgehead atoms. The average Bonchev–Trinajstić information content (AvgIpc) is 2.91. The Morgan fingerprint density at radius 3 is 1.76 bits per heavy atom. The molecule has 0 amide bonds. The van der Waals surface area contributed by atoms with E-state index < -0.39 is 6.10 Å². The summed E-state index contributed by atoms with van der Waals surface area (Å²) in [6.45, 7) is 0.666. The molecule has 0 spiro atoms. The van der Waals surface area contributed by atoms with E-state index in [0.717, 1.165) is 28.2 Å². The Kier molecular flexibility index (Phi) is 7.63. The van der Waals surface area contributed by atoms with Crippen LogP contribution in [-0.4, -0.2) is 24.3 Å². The quantitative estimate of drug-likeness (QED) is 0.347. The third-order valence-electron chi connectivity index (χ3n) is 5.35. The zero-order valence-corrected chi connectivity index (χ0v) is 19.2. The molecule has 3 aromatic carbocycles. The summed E-state index contributed by atoms with van der Waals surface area (Å²) in [6, 6.07) is 26.4. The largest absolute Gasteiger partial charge is 0.497 e. The highest BCUT2D eigenvalue weighted by Gasteiger charge is 2.16. The second-order valence-electron chi connectivity index (χ2n) is 7.64. The number of rotatable bonds is 10. The van der Waals surface area contributed by atoms with Crippen molar-refractivity contribution in [3.05, 3.63) is 114 Å². The first-order valence-corrected chi connectivity index (χ1v) is 10.9. The van der Waals surface area contributed by atoms with Crippen LogP contribution in [0.15, 0.2) is 91.1 Å². The Morgan fingerprint density at radius 1 is 0.706 bits per heavy atom.